The van der Waals surface area contributed by atoms with Crippen molar-refractivity contribution in [1.82, 2.24) is 4.31 Å². The summed E-state index contributed by atoms with van der Waals surface area (Å²) in [5, 5.41) is 0. The lowest BCUT2D eigenvalue weighted by Crippen LogP contribution is -2.35. The van der Waals surface area contributed by atoms with Gasteiger partial charge in [0.1, 0.15) is 0 Å². The van der Waals surface area contributed by atoms with E-state index < -0.39 is 10.0 Å². The minimum absolute atomic E-state index is 0.209. The number of anilines is 1. The maximum absolute atomic E-state index is 12.6. The first-order valence-corrected chi connectivity index (χ1v) is 8.40. The second-order valence-electron chi connectivity index (χ2n) is 4.60. The van der Waals surface area contributed by atoms with Crippen molar-refractivity contribution in [3.63, 3.8) is 0 Å². The van der Waals surface area contributed by atoms with Crippen LogP contribution in [0, 0.1) is 0 Å². The number of nitrogen functional groups attached to an aromatic ring is 1. The summed E-state index contributed by atoms with van der Waals surface area (Å²) < 4.78 is 32.2. The molecule has 7 heteroatoms. The largest absolute Gasteiger partial charge is 0.399 e. The molecule has 1 aromatic rings. The van der Waals surface area contributed by atoms with Gasteiger partial charge in [0, 0.05) is 30.4 Å². The molecule has 5 nitrogen and oxygen atoms in total. The summed E-state index contributed by atoms with van der Waals surface area (Å²) in [6.45, 7) is 1.37. The molecule has 0 atom stereocenters. The number of rotatable bonds is 4. The van der Waals surface area contributed by atoms with E-state index in [1.54, 1.807) is 19.2 Å². The van der Waals surface area contributed by atoms with Gasteiger partial charge in [-0.25, -0.2) is 8.42 Å². The molecule has 0 radical (unpaired) electrons. The zero-order chi connectivity index (χ0) is 14.8. The average molecular weight is 361 g/mol. The molecule has 1 aliphatic heterocycles. The van der Waals surface area contributed by atoms with Gasteiger partial charge in [-0.05, 0) is 46.1 Å². The second-order valence-corrected chi connectivity index (χ2v) is 7.36. The highest BCUT2D eigenvalue weighted by molar-refractivity contribution is 9.10. The molecule has 0 fully saturated rings. The quantitative estimate of drug-likeness (QED) is 0.658. The molecule has 0 spiro atoms. The predicted molar refractivity (Wildman–Crippen MR) is 81.9 cm³/mol. The molecule has 0 bridgehead atoms. The van der Waals surface area contributed by atoms with Gasteiger partial charge in [0.25, 0.3) is 0 Å². The fourth-order valence-electron chi connectivity index (χ4n) is 2.08. The summed E-state index contributed by atoms with van der Waals surface area (Å²) in [6.07, 6.45) is 2.59. The van der Waals surface area contributed by atoms with Crippen molar-refractivity contribution in [2.24, 2.45) is 0 Å². The normalized spacial score (nSPS) is 17.0. The maximum atomic E-state index is 12.6. The van der Waals surface area contributed by atoms with Gasteiger partial charge < -0.3 is 10.5 Å². The molecule has 0 unspecified atom stereocenters. The second kappa shape index (κ2) is 6.26. The number of methoxy groups -OCH3 is 1. The lowest BCUT2D eigenvalue weighted by atomic mass is 10.1. The first kappa shape index (κ1) is 15.5. The number of hydrogen-bond acceptors (Lipinski definition) is 4. The van der Waals surface area contributed by atoms with Crippen molar-refractivity contribution >= 4 is 31.6 Å². The van der Waals surface area contributed by atoms with Crippen LogP contribution in [-0.4, -0.2) is 39.5 Å². The van der Waals surface area contributed by atoms with Gasteiger partial charge >= 0.3 is 0 Å². The third kappa shape index (κ3) is 3.22. The summed E-state index contributed by atoms with van der Waals surface area (Å²) >= 11 is 3.27. The number of hydrogen-bond donors (Lipinski definition) is 1. The monoisotopic (exact) mass is 360 g/mol. The van der Waals surface area contributed by atoms with Gasteiger partial charge in [-0.15, -0.1) is 0 Å². The van der Waals surface area contributed by atoms with Crippen LogP contribution in [0.4, 0.5) is 5.69 Å². The fraction of sp³-hybridized carbons (Fsp3) is 0.385. The molecule has 0 saturated carbocycles. The number of halogens is 1. The Morgan fingerprint density at radius 1 is 1.45 bits per heavy atom. The summed E-state index contributed by atoms with van der Waals surface area (Å²) in [7, 11) is -1.90. The number of nitrogens with two attached hydrogens (primary N) is 1. The van der Waals surface area contributed by atoms with E-state index in [4.69, 9.17) is 10.5 Å². The highest BCUT2D eigenvalue weighted by Crippen LogP contribution is 2.28. The Labute approximate surface area is 127 Å². The van der Waals surface area contributed by atoms with Crippen LogP contribution in [0.25, 0.3) is 0 Å². The molecular formula is C13H17BrN2O3S. The molecule has 1 heterocycles. The molecule has 20 heavy (non-hydrogen) atoms. The van der Waals surface area contributed by atoms with E-state index in [-0.39, 0.29) is 4.90 Å². The predicted octanol–water partition coefficient (Wildman–Crippen LogP) is 2.00. The molecule has 0 aromatic heterocycles. The summed E-state index contributed by atoms with van der Waals surface area (Å²) in [5.41, 5.74) is 7.24. The Balaban J connectivity index is 2.26. The van der Waals surface area contributed by atoms with Crippen molar-refractivity contribution in [1.29, 1.82) is 0 Å². The average Bonchev–Trinajstić information content (AvgIpc) is 2.42. The first-order chi connectivity index (χ1) is 9.45. The molecule has 0 aliphatic carbocycles. The van der Waals surface area contributed by atoms with Crippen molar-refractivity contribution in [3.05, 3.63) is 34.3 Å². The van der Waals surface area contributed by atoms with Gasteiger partial charge in [-0.3, -0.25) is 0 Å². The lowest BCUT2D eigenvalue weighted by Gasteiger charge is -2.26. The third-order valence-corrected chi connectivity index (χ3v) is 6.03. The van der Waals surface area contributed by atoms with Gasteiger partial charge in [0.15, 0.2) is 0 Å². The van der Waals surface area contributed by atoms with Crippen LogP contribution in [-0.2, 0) is 14.8 Å². The Bertz CT molecular complexity index is 629. The molecule has 1 aromatic carbocycles. The van der Waals surface area contributed by atoms with E-state index in [1.165, 1.54) is 10.4 Å². The van der Waals surface area contributed by atoms with Crippen LogP contribution in [0.1, 0.15) is 6.42 Å². The minimum Gasteiger partial charge on any atom is -0.399 e. The lowest BCUT2D eigenvalue weighted by molar-refractivity contribution is 0.219. The molecule has 1 aliphatic rings. The standard InChI is InChI=1S/C13H17BrN2O3S/c1-19-9-10-4-6-16(7-5-10)20(17,18)13-8-11(15)2-3-12(13)14/h2-4,8H,5-7,9,15H2,1H3. The van der Waals surface area contributed by atoms with Gasteiger partial charge in [-0.2, -0.15) is 4.31 Å². The molecule has 0 amide bonds. The van der Waals surface area contributed by atoms with Crippen molar-refractivity contribution < 1.29 is 13.2 Å². The van der Waals surface area contributed by atoms with Crippen molar-refractivity contribution in [3.8, 4) is 0 Å². The van der Waals surface area contributed by atoms with Gasteiger partial charge in [0.05, 0.1) is 11.5 Å². The zero-order valence-electron chi connectivity index (χ0n) is 11.2. The molecule has 110 valence electrons. The van der Waals surface area contributed by atoms with Crippen LogP contribution in [0.5, 0.6) is 0 Å². The number of sulfonamides is 1. The first-order valence-electron chi connectivity index (χ1n) is 6.17. The van der Waals surface area contributed by atoms with Crippen LogP contribution in [0.15, 0.2) is 39.2 Å². The van der Waals surface area contributed by atoms with Crippen LogP contribution in [0.3, 0.4) is 0 Å². The van der Waals surface area contributed by atoms with E-state index in [9.17, 15) is 8.42 Å². The fourth-order valence-corrected chi connectivity index (χ4v) is 4.42. The number of nitrogens with zero attached hydrogens (tertiary/aromatic N) is 1. The van der Waals surface area contributed by atoms with Crippen LogP contribution < -0.4 is 5.73 Å². The van der Waals surface area contributed by atoms with Gasteiger partial charge in [-0.1, -0.05) is 6.08 Å². The summed E-state index contributed by atoms with van der Waals surface area (Å²) in [6, 6.07) is 4.79. The van der Waals surface area contributed by atoms with E-state index in [2.05, 4.69) is 15.9 Å². The van der Waals surface area contributed by atoms with Crippen LogP contribution in [0.2, 0.25) is 0 Å². The van der Waals surface area contributed by atoms with E-state index in [0.717, 1.165) is 5.57 Å². The molecular weight excluding hydrogens is 344 g/mol. The molecule has 2 rings (SSSR count). The molecule has 0 saturated heterocycles. The SMILES string of the molecule is COCC1=CCN(S(=O)(=O)c2cc(N)ccc2Br)CC1. The Morgan fingerprint density at radius 2 is 2.20 bits per heavy atom. The topological polar surface area (TPSA) is 72.6 Å². The van der Waals surface area contributed by atoms with Crippen LogP contribution >= 0.6 is 15.9 Å². The van der Waals surface area contributed by atoms with Gasteiger partial charge in [0.2, 0.25) is 10.0 Å². The Hall–Kier alpha value is -0.890. The van der Waals surface area contributed by atoms with E-state index in [0.29, 0.717) is 36.3 Å². The Morgan fingerprint density at radius 3 is 2.80 bits per heavy atom. The number of ether oxygens (including phenoxy) is 1. The Kier molecular flexibility index (Phi) is 4.85. The molecule has 2 N–H and O–H groups in total. The van der Waals surface area contributed by atoms with E-state index in [1.807, 2.05) is 6.08 Å². The van der Waals surface area contributed by atoms with Crippen molar-refractivity contribution in [2.75, 3.05) is 32.5 Å². The summed E-state index contributed by atoms with van der Waals surface area (Å²) in [4.78, 5) is 0.209. The smallest absolute Gasteiger partial charge is 0.244 e. The summed E-state index contributed by atoms with van der Waals surface area (Å²) in [5.74, 6) is 0. The maximum Gasteiger partial charge on any atom is 0.244 e. The number of benzene rings is 1. The third-order valence-electron chi connectivity index (χ3n) is 3.17. The zero-order valence-corrected chi connectivity index (χ0v) is 13.6. The van der Waals surface area contributed by atoms with Crippen molar-refractivity contribution in [2.45, 2.75) is 11.3 Å². The minimum atomic E-state index is -3.53. The highest BCUT2D eigenvalue weighted by atomic mass is 79.9. The van der Waals surface area contributed by atoms with E-state index >= 15 is 0 Å². The highest BCUT2D eigenvalue weighted by Gasteiger charge is 2.28.